The summed E-state index contributed by atoms with van der Waals surface area (Å²) in [6, 6.07) is 8.98. The van der Waals surface area contributed by atoms with Gasteiger partial charge in [0.05, 0.1) is 20.1 Å². The largest absolute Gasteiger partial charge is 0.478 e. The summed E-state index contributed by atoms with van der Waals surface area (Å²) in [4.78, 5) is 11.4. The number of benzene rings is 2. The number of ether oxygens (including phenoxy) is 1. The molecule has 0 aromatic heterocycles. The molecule has 0 aliphatic heterocycles. The van der Waals surface area contributed by atoms with Crippen LogP contribution < -0.4 is 4.74 Å². The second kappa shape index (κ2) is 6.75. The van der Waals surface area contributed by atoms with Gasteiger partial charge in [0.25, 0.3) is 0 Å². The van der Waals surface area contributed by atoms with E-state index in [-0.39, 0.29) is 15.8 Å². The van der Waals surface area contributed by atoms with Gasteiger partial charge < -0.3 is 9.84 Å². The Kier molecular flexibility index (Phi) is 5.22. The Morgan fingerprint density at radius 2 is 1.48 bits per heavy atom. The second-order valence-electron chi connectivity index (χ2n) is 4.09. The average Bonchev–Trinajstić information content (AvgIpc) is 2.43. The molecule has 0 unspecified atom stereocenters. The highest BCUT2D eigenvalue weighted by molar-refractivity contribution is 6.42. The number of rotatable bonds is 4. The zero-order valence-corrected chi connectivity index (χ0v) is 13.3. The van der Waals surface area contributed by atoms with Gasteiger partial charge in [0.2, 0.25) is 6.10 Å². The summed E-state index contributed by atoms with van der Waals surface area (Å²) in [6.07, 6.45) is -1.24. The van der Waals surface area contributed by atoms with Gasteiger partial charge in [0.15, 0.2) is 0 Å². The molecule has 0 aliphatic carbocycles. The minimum atomic E-state index is -1.24. The first kappa shape index (κ1) is 16.2. The predicted molar refractivity (Wildman–Crippen MR) is 83.9 cm³/mol. The molecule has 7 heteroatoms. The number of halogens is 4. The van der Waals surface area contributed by atoms with Crippen molar-refractivity contribution in [3.63, 3.8) is 0 Å². The Morgan fingerprint density at radius 3 is 2.00 bits per heavy atom. The molecule has 0 saturated heterocycles. The minimum Gasteiger partial charge on any atom is -0.478 e. The smallest absolute Gasteiger partial charge is 0.349 e. The highest BCUT2D eigenvalue weighted by Gasteiger charge is 2.23. The molecular weight excluding hydrogens is 358 g/mol. The summed E-state index contributed by atoms with van der Waals surface area (Å²) in [5, 5.41) is 10.5. The monoisotopic (exact) mass is 364 g/mol. The summed E-state index contributed by atoms with van der Waals surface area (Å²) in [5.74, 6) is -0.887. The number of carboxylic acid groups (broad SMARTS) is 1. The van der Waals surface area contributed by atoms with Crippen molar-refractivity contribution >= 4 is 52.4 Å². The molecule has 2 rings (SSSR count). The minimum absolute atomic E-state index is 0.248. The van der Waals surface area contributed by atoms with Gasteiger partial charge in [-0.15, -0.1) is 0 Å². The maximum Gasteiger partial charge on any atom is 0.349 e. The summed E-state index contributed by atoms with van der Waals surface area (Å²) in [7, 11) is 0. The maximum atomic E-state index is 11.4. The van der Waals surface area contributed by atoms with E-state index in [0.29, 0.717) is 15.6 Å². The van der Waals surface area contributed by atoms with E-state index in [9.17, 15) is 9.90 Å². The van der Waals surface area contributed by atoms with Crippen LogP contribution in [0.5, 0.6) is 5.75 Å². The SMILES string of the molecule is O=C(O)[C@@H](Oc1ccc(Cl)c(Cl)c1)c1ccc(Cl)c(Cl)c1. The normalized spacial score (nSPS) is 12.0. The number of carboxylic acids is 1. The van der Waals surface area contributed by atoms with E-state index in [1.165, 1.54) is 36.4 Å². The fourth-order valence-corrected chi connectivity index (χ4v) is 2.22. The molecule has 0 radical (unpaired) electrons. The Hall–Kier alpha value is -1.13. The van der Waals surface area contributed by atoms with E-state index in [1.54, 1.807) is 0 Å². The van der Waals surface area contributed by atoms with Gasteiger partial charge in [-0.1, -0.05) is 52.5 Å². The van der Waals surface area contributed by atoms with Crippen molar-refractivity contribution in [1.82, 2.24) is 0 Å². The molecule has 1 atom stereocenters. The molecule has 110 valence electrons. The van der Waals surface area contributed by atoms with Crippen LogP contribution in [0.3, 0.4) is 0 Å². The number of carbonyl (C=O) groups is 1. The number of hydrogen-bond donors (Lipinski definition) is 1. The number of hydrogen-bond acceptors (Lipinski definition) is 2. The molecule has 0 heterocycles. The predicted octanol–water partition coefficient (Wildman–Crippen LogP) is 5.50. The van der Waals surface area contributed by atoms with Crippen LogP contribution in [0, 0.1) is 0 Å². The second-order valence-corrected chi connectivity index (χ2v) is 5.71. The third kappa shape index (κ3) is 3.95. The van der Waals surface area contributed by atoms with Crippen LogP contribution in [0.1, 0.15) is 11.7 Å². The van der Waals surface area contributed by atoms with E-state index in [2.05, 4.69) is 0 Å². The first-order valence-electron chi connectivity index (χ1n) is 5.68. The standard InChI is InChI=1S/C14H8Cl4O3/c15-9-3-1-7(5-11(9)17)13(14(19)20)21-8-2-4-10(16)12(18)6-8/h1-6,13H,(H,19,20)/t13-/m0/s1. The summed E-state index contributed by atoms with van der Waals surface area (Å²) < 4.78 is 5.45. The molecule has 1 N–H and O–H groups in total. The first-order valence-corrected chi connectivity index (χ1v) is 7.19. The molecule has 0 aliphatic rings. The van der Waals surface area contributed by atoms with Crippen molar-refractivity contribution < 1.29 is 14.6 Å². The highest BCUT2D eigenvalue weighted by atomic mass is 35.5. The molecular formula is C14H8Cl4O3. The van der Waals surface area contributed by atoms with Crippen LogP contribution >= 0.6 is 46.4 Å². The Morgan fingerprint density at radius 1 is 0.905 bits per heavy atom. The Labute approximate surface area is 141 Å². The van der Waals surface area contributed by atoms with Crippen LogP contribution in [0.25, 0.3) is 0 Å². The molecule has 2 aromatic rings. The van der Waals surface area contributed by atoms with E-state index in [4.69, 9.17) is 51.1 Å². The zero-order chi connectivity index (χ0) is 15.6. The maximum absolute atomic E-state index is 11.4. The average molecular weight is 366 g/mol. The van der Waals surface area contributed by atoms with Crippen LogP contribution in [0.2, 0.25) is 20.1 Å². The molecule has 2 aromatic carbocycles. The van der Waals surface area contributed by atoms with Gasteiger partial charge >= 0.3 is 5.97 Å². The highest BCUT2D eigenvalue weighted by Crippen LogP contribution is 2.31. The molecule has 21 heavy (non-hydrogen) atoms. The third-order valence-corrected chi connectivity index (χ3v) is 4.09. The zero-order valence-electron chi connectivity index (χ0n) is 10.3. The molecule has 3 nitrogen and oxygen atoms in total. The van der Waals surface area contributed by atoms with Gasteiger partial charge in [-0.25, -0.2) is 4.79 Å². The van der Waals surface area contributed by atoms with Gasteiger partial charge in [-0.2, -0.15) is 0 Å². The number of aliphatic carboxylic acids is 1. The summed E-state index contributed by atoms with van der Waals surface area (Å²) in [6.45, 7) is 0. The topological polar surface area (TPSA) is 46.5 Å². The quantitative estimate of drug-likeness (QED) is 0.777. The molecule has 0 fully saturated rings. The van der Waals surface area contributed by atoms with Gasteiger partial charge in [-0.05, 0) is 24.3 Å². The fourth-order valence-electron chi connectivity index (χ4n) is 1.62. The van der Waals surface area contributed by atoms with Crippen LogP contribution in [0.15, 0.2) is 36.4 Å². The van der Waals surface area contributed by atoms with Crippen molar-refractivity contribution in [2.75, 3.05) is 0 Å². The van der Waals surface area contributed by atoms with Crippen molar-refractivity contribution in [3.05, 3.63) is 62.1 Å². The van der Waals surface area contributed by atoms with Crippen molar-refractivity contribution in [1.29, 1.82) is 0 Å². The van der Waals surface area contributed by atoms with Gasteiger partial charge in [0.1, 0.15) is 5.75 Å². The molecule has 0 amide bonds. The first-order chi connectivity index (χ1) is 9.88. The van der Waals surface area contributed by atoms with E-state index < -0.39 is 12.1 Å². The summed E-state index contributed by atoms with van der Waals surface area (Å²) in [5.41, 5.74) is 0.364. The van der Waals surface area contributed by atoms with E-state index >= 15 is 0 Å². The molecule has 0 spiro atoms. The lowest BCUT2D eigenvalue weighted by Crippen LogP contribution is -2.18. The molecule has 0 bridgehead atoms. The van der Waals surface area contributed by atoms with Gasteiger partial charge in [0, 0.05) is 11.6 Å². The third-order valence-electron chi connectivity index (χ3n) is 2.62. The van der Waals surface area contributed by atoms with Crippen LogP contribution in [-0.4, -0.2) is 11.1 Å². The van der Waals surface area contributed by atoms with Crippen molar-refractivity contribution in [3.8, 4) is 5.75 Å². The lowest BCUT2D eigenvalue weighted by molar-refractivity contribution is -0.145. The lowest BCUT2D eigenvalue weighted by atomic mass is 10.1. The van der Waals surface area contributed by atoms with Gasteiger partial charge in [-0.3, -0.25) is 0 Å². The Bertz CT molecular complexity index is 688. The molecule has 0 saturated carbocycles. The fraction of sp³-hybridized carbons (Fsp3) is 0.0714. The van der Waals surface area contributed by atoms with Crippen molar-refractivity contribution in [2.24, 2.45) is 0 Å². The van der Waals surface area contributed by atoms with E-state index in [1.807, 2.05) is 0 Å². The van der Waals surface area contributed by atoms with Crippen LogP contribution in [0.4, 0.5) is 0 Å². The van der Waals surface area contributed by atoms with E-state index in [0.717, 1.165) is 0 Å². The lowest BCUT2D eigenvalue weighted by Gasteiger charge is -2.16. The van der Waals surface area contributed by atoms with Crippen LogP contribution in [-0.2, 0) is 4.79 Å². The van der Waals surface area contributed by atoms with Crippen molar-refractivity contribution in [2.45, 2.75) is 6.10 Å². The summed E-state index contributed by atoms with van der Waals surface area (Å²) >= 11 is 23.4. The Balaban J connectivity index is 2.32.